The molecule has 0 saturated carbocycles. The molecule has 0 spiro atoms. The van der Waals surface area contributed by atoms with E-state index in [0.717, 1.165) is 30.8 Å². The normalized spacial score (nSPS) is 18.7. The van der Waals surface area contributed by atoms with Gasteiger partial charge in [-0.2, -0.15) is 13.2 Å². The first-order valence-electron chi connectivity index (χ1n) is 11.3. The van der Waals surface area contributed by atoms with E-state index < -0.39 is 23.1 Å². The number of halogens is 3. The molecule has 1 aromatic heterocycles. The molecule has 1 fully saturated rings. The van der Waals surface area contributed by atoms with Gasteiger partial charge in [0, 0.05) is 0 Å². The Balaban J connectivity index is 1.84. The van der Waals surface area contributed by atoms with Crippen LogP contribution in [-0.4, -0.2) is 24.8 Å². The summed E-state index contributed by atoms with van der Waals surface area (Å²) in [6, 6.07) is 8.72. The molecule has 4 rings (SSSR count). The van der Waals surface area contributed by atoms with E-state index in [1.807, 2.05) is 0 Å². The zero-order valence-corrected chi connectivity index (χ0v) is 19.0. The summed E-state index contributed by atoms with van der Waals surface area (Å²) in [5.74, 6) is -1.98. The molecule has 34 heavy (non-hydrogen) atoms. The van der Waals surface area contributed by atoms with Crippen LogP contribution >= 0.6 is 0 Å². The van der Waals surface area contributed by atoms with Crippen LogP contribution < -0.4 is 19.8 Å². The van der Waals surface area contributed by atoms with Gasteiger partial charge >= 0.3 is 6.18 Å². The molecule has 0 aliphatic carbocycles. The molecule has 0 unspecified atom stereocenters. The number of nitrogens with one attached hydrogen (secondary N) is 1. The maximum absolute atomic E-state index is 14.0. The number of phenolic OH excluding ortho intramolecular Hbond substituents is 1. The highest BCUT2D eigenvalue weighted by Gasteiger charge is 2.41. The van der Waals surface area contributed by atoms with Gasteiger partial charge in [0.2, 0.25) is 11.2 Å². The van der Waals surface area contributed by atoms with Crippen molar-refractivity contribution in [3.8, 4) is 23.0 Å². The Labute approximate surface area is 194 Å². The fourth-order valence-corrected chi connectivity index (χ4v) is 4.25. The predicted octanol–water partition coefficient (Wildman–Crippen LogP) is 4.52. The van der Waals surface area contributed by atoms with E-state index >= 15 is 0 Å². The molecule has 2 heterocycles. The first-order valence-corrected chi connectivity index (χ1v) is 11.3. The van der Waals surface area contributed by atoms with Crippen LogP contribution in [0.3, 0.4) is 0 Å². The van der Waals surface area contributed by atoms with Crippen molar-refractivity contribution in [3.63, 3.8) is 0 Å². The summed E-state index contributed by atoms with van der Waals surface area (Å²) in [5.41, 5.74) is -1.05. The molecule has 1 saturated heterocycles. The number of rotatable bonds is 6. The molecular formula is C25H27F3NO5+. The van der Waals surface area contributed by atoms with Crippen molar-refractivity contribution in [1.29, 1.82) is 0 Å². The molecule has 0 radical (unpaired) electrons. The lowest BCUT2D eigenvalue weighted by molar-refractivity contribution is -0.919. The van der Waals surface area contributed by atoms with Gasteiger partial charge in [0.05, 0.1) is 30.6 Å². The van der Waals surface area contributed by atoms with E-state index in [9.17, 15) is 23.1 Å². The number of likely N-dealkylation sites (tertiary alicyclic amines) is 1. The molecule has 2 N–H and O–H groups in total. The van der Waals surface area contributed by atoms with Crippen LogP contribution in [0.15, 0.2) is 45.6 Å². The van der Waals surface area contributed by atoms with Gasteiger partial charge in [-0.15, -0.1) is 0 Å². The lowest BCUT2D eigenvalue weighted by Crippen LogP contribution is -3.11. The SMILES string of the molecule is CCOc1ccccc1Oc1c(C(F)(F)F)oc2c(C[NH+]3CCC(C)CC3)c(O)ccc2c1=O. The summed E-state index contributed by atoms with van der Waals surface area (Å²) in [4.78, 5) is 14.4. The molecule has 0 atom stereocenters. The number of phenols is 1. The van der Waals surface area contributed by atoms with Crippen LogP contribution in [0.25, 0.3) is 11.0 Å². The van der Waals surface area contributed by atoms with E-state index in [1.165, 1.54) is 24.3 Å². The second kappa shape index (κ2) is 9.58. The van der Waals surface area contributed by atoms with Crippen LogP contribution in [0, 0.1) is 5.92 Å². The molecule has 0 bridgehead atoms. The number of hydrogen-bond donors (Lipinski definition) is 2. The van der Waals surface area contributed by atoms with E-state index in [1.54, 1.807) is 19.1 Å². The zero-order chi connectivity index (χ0) is 24.5. The number of fused-ring (bicyclic) bond motifs is 1. The van der Waals surface area contributed by atoms with Gasteiger partial charge < -0.3 is 23.9 Å². The number of ether oxygens (including phenoxy) is 2. The van der Waals surface area contributed by atoms with Gasteiger partial charge in [-0.3, -0.25) is 4.79 Å². The van der Waals surface area contributed by atoms with Gasteiger partial charge in [0.15, 0.2) is 17.1 Å². The first-order chi connectivity index (χ1) is 16.2. The Bertz CT molecular complexity index is 1230. The third-order valence-corrected chi connectivity index (χ3v) is 6.12. The monoisotopic (exact) mass is 478 g/mol. The third kappa shape index (κ3) is 4.84. The van der Waals surface area contributed by atoms with Crippen molar-refractivity contribution >= 4 is 11.0 Å². The summed E-state index contributed by atoms with van der Waals surface area (Å²) in [7, 11) is 0. The fourth-order valence-electron chi connectivity index (χ4n) is 4.25. The second-order valence-corrected chi connectivity index (χ2v) is 8.62. The van der Waals surface area contributed by atoms with Crippen molar-refractivity contribution in [2.75, 3.05) is 19.7 Å². The number of hydrogen-bond acceptors (Lipinski definition) is 5. The minimum atomic E-state index is -5.00. The van der Waals surface area contributed by atoms with Crippen LogP contribution in [0.5, 0.6) is 23.0 Å². The average Bonchev–Trinajstić information content (AvgIpc) is 2.79. The Hall–Kier alpha value is -3.20. The Kier molecular flexibility index (Phi) is 6.74. The van der Waals surface area contributed by atoms with Crippen LogP contribution in [0.2, 0.25) is 0 Å². The standard InChI is InChI=1S/C25H26F3NO5/c1-3-32-19-6-4-5-7-20(19)33-23-21(31)16-8-9-18(30)17(14-29-12-10-15(2)11-13-29)22(16)34-24(23)25(26,27)28/h4-9,15,30H,3,10-14H2,1-2H3/p+1. The van der Waals surface area contributed by atoms with E-state index in [0.29, 0.717) is 5.92 Å². The molecule has 1 aliphatic rings. The highest BCUT2D eigenvalue weighted by molar-refractivity contribution is 5.83. The summed E-state index contributed by atoms with van der Waals surface area (Å²) in [5, 5.41) is 10.4. The number of benzene rings is 2. The van der Waals surface area contributed by atoms with Crippen molar-refractivity contribution < 1.29 is 37.1 Å². The summed E-state index contributed by atoms with van der Waals surface area (Å²) >= 11 is 0. The smallest absolute Gasteiger partial charge is 0.453 e. The molecule has 0 amide bonds. The molecule has 9 heteroatoms. The van der Waals surface area contributed by atoms with Crippen LogP contribution in [-0.2, 0) is 12.7 Å². The van der Waals surface area contributed by atoms with E-state index in [4.69, 9.17) is 13.9 Å². The molecule has 2 aromatic carbocycles. The van der Waals surface area contributed by atoms with Gasteiger partial charge in [-0.25, -0.2) is 0 Å². The van der Waals surface area contributed by atoms with Crippen molar-refractivity contribution in [2.45, 2.75) is 39.4 Å². The maximum Gasteiger partial charge on any atom is 0.453 e. The summed E-state index contributed by atoms with van der Waals surface area (Å²) in [6.07, 6.45) is -3.04. The van der Waals surface area contributed by atoms with Crippen LogP contribution in [0.4, 0.5) is 13.2 Å². The van der Waals surface area contributed by atoms with E-state index in [-0.39, 0.29) is 46.9 Å². The first kappa shape index (κ1) is 23.9. The summed E-state index contributed by atoms with van der Waals surface area (Å²) in [6.45, 7) is 6.04. The number of quaternary nitrogens is 1. The minimum Gasteiger partial charge on any atom is -0.507 e. The number of aromatic hydroxyl groups is 1. The fraction of sp³-hybridized carbons (Fsp3) is 0.400. The molecule has 3 aromatic rings. The van der Waals surface area contributed by atoms with Gasteiger partial charge in [0.25, 0.3) is 5.76 Å². The zero-order valence-electron chi connectivity index (χ0n) is 19.0. The lowest BCUT2D eigenvalue weighted by Gasteiger charge is -2.27. The van der Waals surface area contributed by atoms with Gasteiger partial charge in [-0.05, 0) is 49.9 Å². The van der Waals surface area contributed by atoms with E-state index in [2.05, 4.69) is 6.92 Å². The Morgan fingerprint density at radius 1 is 1.12 bits per heavy atom. The Morgan fingerprint density at radius 2 is 1.79 bits per heavy atom. The quantitative estimate of drug-likeness (QED) is 0.545. The van der Waals surface area contributed by atoms with Crippen molar-refractivity contribution in [1.82, 2.24) is 0 Å². The molecule has 182 valence electrons. The maximum atomic E-state index is 14.0. The topological polar surface area (TPSA) is 73.3 Å². The average molecular weight is 478 g/mol. The number of para-hydroxylation sites is 2. The molecular weight excluding hydrogens is 451 g/mol. The lowest BCUT2D eigenvalue weighted by atomic mass is 9.98. The highest BCUT2D eigenvalue weighted by Crippen LogP contribution is 2.41. The Morgan fingerprint density at radius 3 is 2.44 bits per heavy atom. The van der Waals surface area contributed by atoms with Gasteiger partial charge in [0.1, 0.15) is 12.3 Å². The highest BCUT2D eigenvalue weighted by atomic mass is 19.4. The van der Waals surface area contributed by atoms with Crippen LogP contribution in [0.1, 0.15) is 38.0 Å². The second-order valence-electron chi connectivity index (χ2n) is 8.62. The van der Waals surface area contributed by atoms with Gasteiger partial charge in [-0.1, -0.05) is 19.1 Å². The molecule has 1 aliphatic heterocycles. The predicted molar refractivity (Wildman–Crippen MR) is 120 cm³/mol. The number of piperidine rings is 1. The molecule has 6 nitrogen and oxygen atoms in total. The number of alkyl halides is 3. The largest absolute Gasteiger partial charge is 0.507 e. The summed E-state index contributed by atoms with van der Waals surface area (Å²) < 4.78 is 58.3. The third-order valence-electron chi connectivity index (χ3n) is 6.12. The minimum absolute atomic E-state index is 0.0348. The van der Waals surface area contributed by atoms with Crippen molar-refractivity contribution in [3.05, 3.63) is 57.9 Å². The van der Waals surface area contributed by atoms with Crippen molar-refractivity contribution in [2.24, 2.45) is 5.92 Å².